The van der Waals surface area contributed by atoms with Crippen LogP contribution in [0.4, 0.5) is 5.82 Å². The third kappa shape index (κ3) is 2.46. The lowest BCUT2D eigenvalue weighted by atomic mass is 10.1. The fraction of sp³-hybridized carbons (Fsp3) is 0.222. The number of hydrogen-bond acceptors (Lipinski definition) is 7. The van der Waals surface area contributed by atoms with Crippen LogP contribution < -0.4 is 4.90 Å². The number of nitrogens with one attached hydrogen (secondary N) is 1. The monoisotopic (exact) mass is 365 g/mol. The molecule has 4 aromatic rings. The van der Waals surface area contributed by atoms with Crippen LogP contribution in [0.1, 0.15) is 9.67 Å². The molecule has 1 aliphatic rings. The van der Waals surface area contributed by atoms with E-state index in [4.69, 9.17) is 14.7 Å². The van der Waals surface area contributed by atoms with Crippen molar-refractivity contribution in [3.63, 3.8) is 0 Å². The van der Waals surface area contributed by atoms with Gasteiger partial charge in [-0.15, -0.1) is 11.3 Å². The van der Waals surface area contributed by atoms with Crippen molar-refractivity contribution in [2.45, 2.75) is 0 Å². The number of carbonyl (C=O) groups excluding carboxylic acids is 1. The van der Waals surface area contributed by atoms with Crippen LogP contribution in [0.15, 0.2) is 30.5 Å². The van der Waals surface area contributed by atoms with Gasteiger partial charge in [-0.2, -0.15) is 5.10 Å². The summed E-state index contributed by atoms with van der Waals surface area (Å²) >= 11 is 1.43. The molecule has 1 N–H and O–H groups in total. The number of H-pyrrole nitrogens is 1. The number of ether oxygens (including phenoxy) is 1. The fourth-order valence-electron chi connectivity index (χ4n) is 3.26. The van der Waals surface area contributed by atoms with E-state index in [0.717, 1.165) is 51.9 Å². The normalized spacial score (nSPS) is 15.0. The van der Waals surface area contributed by atoms with E-state index in [1.165, 1.54) is 11.3 Å². The summed E-state index contributed by atoms with van der Waals surface area (Å²) in [5.41, 5.74) is 2.66. The first kappa shape index (κ1) is 15.4. The minimum atomic E-state index is 0.640. The van der Waals surface area contributed by atoms with Crippen molar-refractivity contribution in [2.75, 3.05) is 31.2 Å². The van der Waals surface area contributed by atoms with E-state index in [1.54, 1.807) is 6.20 Å². The number of rotatable bonds is 3. The number of anilines is 1. The second-order valence-corrected chi connectivity index (χ2v) is 7.17. The van der Waals surface area contributed by atoms with Gasteiger partial charge in [-0.3, -0.25) is 9.89 Å². The van der Waals surface area contributed by atoms with Gasteiger partial charge in [0, 0.05) is 24.0 Å². The molecule has 8 heteroatoms. The molecule has 26 heavy (non-hydrogen) atoms. The minimum Gasteiger partial charge on any atom is -0.378 e. The van der Waals surface area contributed by atoms with Gasteiger partial charge in [0.1, 0.15) is 0 Å². The largest absolute Gasteiger partial charge is 0.378 e. The SMILES string of the molecule is O=Cc1cc2nc(-c3cccc4[nH]ncc34)nc(N3CCOCC3)c2s1. The number of aromatic nitrogens is 4. The number of nitrogens with zero attached hydrogens (tertiary/aromatic N) is 4. The van der Waals surface area contributed by atoms with Crippen molar-refractivity contribution in [3.05, 3.63) is 35.3 Å². The van der Waals surface area contributed by atoms with E-state index >= 15 is 0 Å². The molecule has 1 aliphatic heterocycles. The molecule has 1 aromatic carbocycles. The summed E-state index contributed by atoms with van der Waals surface area (Å²) in [6.07, 6.45) is 2.66. The van der Waals surface area contributed by atoms with Crippen molar-refractivity contribution in [3.8, 4) is 11.4 Å². The maximum atomic E-state index is 11.3. The molecule has 1 fully saturated rings. The van der Waals surface area contributed by atoms with Crippen molar-refractivity contribution >= 4 is 44.6 Å². The van der Waals surface area contributed by atoms with Gasteiger partial charge in [0.15, 0.2) is 17.9 Å². The quantitative estimate of drug-likeness (QED) is 0.562. The second kappa shape index (κ2) is 6.15. The van der Waals surface area contributed by atoms with Gasteiger partial charge in [-0.25, -0.2) is 9.97 Å². The Bertz CT molecular complexity index is 1110. The smallest absolute Gasteiger partial charge is 0.162 e. The molecule has 0 radical (unpaired) electrons. The lowest BCUT2D eigenvalue weighted by molar-refractivity contribution is 0.112. The summed E-state index contributed by atoms with van der Waals surface area (Å²) in [6.45, 7) is 2.89. The first-order valence-corrected chi connectivity index (χ1v) is 9.17. The van der Waals surface area contributed by atoms with Crippen molar-refractivity contribution in [2.24, 2.45) is 0 Å². The Hall–Kier alpha value is -2.84. The Balaban J connectivity index is 1.75. The van der Waals surface area contributed by atoms with Gasteiger partial charge in [0.25, 0.3) is 0 Å². The van der Waals surface area contributed by atoms with Crippen LogP contribution in [0, 0.1) is 0 Å². The summed E-state index contributed by atoms with van der Waals surface area (Å²) in [6, 6.07) is 7.76. The van der Waals surface area contributed by atoms with Crippen molar-refractivity contribution in [1.29, 1.82) is 0 Å². The van der Waals surface area contributed by atoms with E-state index in [-0.39, 0.29) is 0 Å². The molecule has 0 aliphatic carbocycles. The second-order valence-electron chi connectivity index (χ2n) is 6.09. The number of morpholine rings is 1. The van der Waals surface area contributed by atoms with Gasteiger partial charge in [0.05, 0.1) is 40.0 Å². The van der Waals surface area contributed by atoms with E-state index in [0.29, 0.717) is 23.9 Å². The Morgan fingerprint density at radius 3 is 2.96 bits per heavy atom. The Kier molecular flexibility index (Phi) is 3.65. The standard InChI is InChI=1S/C18H15N5O2S/c24-10-11-8-15-16(26-11)18(23-4-6-25-7-5-23)21-17(20-15)12-2-1-3-14-13(12)9-19-22-14/h1-3,8-10H,4-7H2,(H,19,22). The molecule has 5 rings (SSSR count). The maximum absolute atomic E-state index is 11.3. The molecule has 0 saturated carbocycles. The fourth-order valence-corrected chi connectivity index (χ4v) is 4.19. The molecule has 7 nitrogen and oxygen atoms in total. The number of fused-ring (bicyclic) bond motifs is 2. The minimum absolute atomic E-state index is 0.640. The highest BCUT2D eigenvalue weighted by Gasteiger charge is 2.20. The van der Waals surface area contributed by atoms with Crippen LogP contribution in [0.3, 0.4) is 0 Å². The van der Waals surface area contributed by atoms with E-state index in [1.807, 2.05) is 24.3 Å². The highest BCUT2D eigenvalue weighted by Crippen LogP contribution is 2.35. The number of carbonyl (C=O) groups is 1. The zero-order valence-corrected chi connectivity index (χ0v) is 14.6. The molecular formula is C18H15N5O2S. The topological polar surface area (TPSA) is 84.0 Å². The average Bonchev–Trinajstić information content (AvgIpc) is 3.34. The van der Waals surface area contributed by atoms with E-state index in [9.17, 15) is 4.79 Å². The first-order valence-electron chi connectivity index (χ1n) is 8.35. The zero-order valence-electron chi connectivity index (χ0n) is 13.8. The maximum Gasteiger partial charge on any atom is 0.162 e. The zero-order chi connectivity index (χ0) is 17.5. The van der Waals surface area contributed by atoms with Gasteiger partial charge in [0.2, 0.25) is 0 Å². The Labute approximate surface area is 152 Å². The van der Waals surface area contributed by atoms with Gasteiger partial charge < -0.3 is 9.64 Å². The predicted octanol–water partition coefficient (Wildman–Crippen LogP) is 2.88. The molecule has 0 spiro atoms. The van der Waals surface area contributed by atoms with Crippen molar-refractivity contribution in [1.82, 2.24) is 20.2 Å². The van der Waals surface area contributed by atoms with Crippen LogP contribution in [0.5, 0.6) is 0 Å². The van der Waals surface area contributed by atoms with E-state index in [2.05, 4.69) is 15.1 Å². The summed E-state index contributed by atoms with van der Waals surface area (Å²) in [5, 5.41) is 8.09. The number of aldehydes is 1. The molecule has 0 atom stereocenters. The lowest BCUT2D eigenvalue weighted by Gasteiger charge is -2.28. The van der Waals surface area contributed by atoms with Gasteiger partial charge >= 0.3 is 0 Å². The lowest BCUT2D eigenvalue weighted by Crippen LogP contribution is -2.36. The summed E-state index contributed by atoms with van der Waals surface area (Å²) < 4.78 is 6.41. The number of thiophene rings is 1. The number of hydrogen-bond donors (Lipinski definition) is 1. The van der Waals surface area contributed by atoms with Crippen LogP contribution in [-0.4, -0.2) is 52.8 Å². The van der Waals surface area contributed by atoms with E-state index < -0.39 is 0 Å². The third-order valence-corrected chi connectivity index (χ3v) is 5.57. The summed E-state index contributed by atoms with van der Waals surface area (Å²) in [5.74, 6) is 1.51. The Morgan fingerprint density at radius 2 is 2.12 bits per heavy atom. The van der Waals surface area contributed by atoms with Crippen LogP contribution >= 0.6 is 11.3 Å². The first-order chi connectivity index (χ1) is 12.8. The summed E-state index contributed by atoms with van der Waals surface area (Å²) in [7, 11) is 0. The molecule has 4 heterocycles. The molecule has 1 saturated heterocycles. The highest BCUT2D eigenvalue weighted by molar-refractivity contribution is 7.21. The third-order valence-electron chi connectivity index (χ3n) is 4.53. The van der Waals surface area contributed by atoms with Crippen LogP contribution in [-0.2, 0) is 4.74 Å². The molecule has 0 bridgehead atoms. The number of aromatic amines is 1. The van der Waals surface area contributed by atoms with Gasteiger partial charge in [-0.1, -0.05) is 12.1 Å². The average molecular weight is 365 g/mol. The molecule has 130 valence electrons. The molecule has 0 amide bonds. The molecule has 3 aromatic heterocycles. The molecule has 0 unspecified atom stereocenters. The Morgan fingerprint density at radius 1 is 1.23 bits per heavy atom. The summed E-state index contributed by atoms with van der Waals surface area (Å²) in [4.78, 5) is 23.8. The highest BCUT2D eigenvalue weighted by atomic mass is 32.1. The van der Waals surface area contributed by atoms with Crippen molar-refractivity contribution < 1.29 is 9.53 Å². The number of benzene rings is 1. The van der Waals surface area contributed by atoms with Crippen LogP contribution in [0.25, 0.3) is 32.5 Å². The predicted molar refractivity (Wildman–Crippen MR) is 101 cm³/mol. The molecular weight excluding hydrogens is 350 g/mol. The van der Waals surface area contributed by atoms with Crippen LogP contribution in [0.2, 0.25) is 0 Å². The van der Waals surface area contributed by atoms with Gasteiger partial charge in [-0.05, 0) is 12.1 Å².